The van der Waals surface area contributed by atoms with Gasteiger partial charge in [0.15, 0.2) is 5.60 Å². The lowest BCUT2D eigenvalue weighted by Gasteiger charge is -2.38. The van der Waals surface area contributed by atoms with Gasteiger partial charge in [-0.1, -0.05) is 6.07 Å². The smallest absolute Gasteiger partial charge is 0.335 e. The minimum atomic E-state index is -1.70. The molecule has 3 rings (SSSR count). The fraction of sp³-hybridized carbons (Fsp3) is 0.556. The summed E-state index contributed by atoms with van der Waals surface area (Å²) >= 11 is 0. The van der Waals surface area contributed by atoms with Gasteiger partial charge in [0.05, 0.1) is 13.0 Å². The zero-order chi connectivity index (χ0) is 17.3. The van der Waals surface area contributed by atoms with Gasteiger partial charge in [0.1, 0.15) is 5.75 Å². The molecule has 0 radical (unpaired) electrons. The van der Waals surface area contributed by atoms with Crippen molar-refractivity contribution in [3.8, 4) is 5.75 Å². The number of fused-ring (bicyclic) bond motifs is 1. The maximum atomic E-state index is 13.0. The third-order valence-electron chi connectivity index (χ3n) is 5.27. The lowest BCUT2D eigenvalue weighted by atomic mass is 9.81. The molecular weight excluding hydrogens is 310 g/mol. The summed E-state index contributed by atoms with van der Waals surface area (Å²) in [7, 11) is 1.61. The van der Waals surface area contributed by atoms with Crippen LogP contribution in [0.5, 0.6) is 5.75 Å². The van der Waals surface area contributed by atoms with E-state index >= 15 is 0 Å². The Kier molecular flexibility index (Phi) is 4.49. The third-order valence-corrected chi connectivity index (χ3v) is 5.27. The molecule has 1 aromatic rings. The second-order valence-electron chi connectivity index (χ2n) is 6.67. The number of amides is 1. The largest absolute Gasteiger partial charge is 0.497 e. The van der Waals surface area contributed by atoms with Gasteiger partial charge in [-0.15, -0.1) is 0 Å². The summed E-state index contributed by atoms with van der Waals surface area (Å²) in [5, 5.41) is 19.1. The van der Waals surface area contributed by atoms with E-state index in [4.69, 9.17) is 9.84 Å². The molecule has 1 heterocycles. The molecule has 1 aromatic carbocycles. The molecule has 1 amide bonds. The van der Waals surface area contributed by atoms with Crippen molar-refractivity contribution >= 4 is 11.9 Å². The van der Waals surface area contributed by atoms with Crippen LogP contribution in [0.15, 0.2) is 18.2 Å². The second-order valence-corrected chi connectivity index (χ2v) is 6.67. The third kappa shape index (κ3) is 2.98. The van der Waals surface area contributed by atoms with Crippen LogP contribution < -0.4 is 4.74 Å². The highest BCUT2D eigenvalue weighted by Gasteiger charge is 2.41. The van der Waals surface area contributed by atoms with Crippen molar-refractivity contribution < 1.29 is 24.5 Å². The van der Waals surface area contributed by atoms with E-state index < -0.39 is 11.6 Å². The van der Waals surface area contributed by atoms with Gasteiger partial charge < -0.3 is 19.8 Å². The lowest BCUT2D eigenvalue weighted by molar-refractivity contribution is -0.165. The van der Waals surface area contributed by atoms with Crippen LogP contribution in [0.3, 0.4) is 0 Å². The highest BCUT2D eigenvalue weighted by molar-refractivity contribution is 5.85. The van der Waals surface area contributed by atoms with Gasteiger partial charge in [-0.2, -0.15) is 0 Å². The number of nitrogens with zero attached hydrogens (tertiary/aromatic N) is 1. The number of piperidine rings is 1. The minimum Gasteiger partial charge on any atom is -0.497 e. The Morgan fingerprint density at radius 2 is 2.00 bits per heavy atom. The summed E-state index contributed by atoms with van der Waals surface area (Å²) in [5.41, 5.74) is 0.494. The second kappa shape index (κ2) is 6.43. The molecule has 1 atom stereocenters. The zero-order valence-electron chi connectivity index (χ0n) is 13.8. The molecule has 2 N–H and O–H groups in total. The van der Waals surface area contributed by atoms with Gasteiger partial charge in [0.25, 0.3) is 0 Å². The molecule has 24 heavy (non-hydrogen) atoms. The van der Waals surface area contributed by atoms with E-state index in [2.05, 4.69) is 0 Å². The number of aliphatic hydroxyl groups is 1. The Morgan fingerprint density at radius 3 is 2.62 bits per heavy atom. The zero-order valence-corrected chi connectivity index (χ0v) is 13.8. The van der Waals surface area contributed by atoms with Crippen molar-refractivity contribution in [1.82, 2.24) is 4.90 Å². The number of hydrogen-bond acceptors (Lipinski definition) is 4. The van der Waals surface area contributed by atoms with E-state index in [1.165, 1.54) is 5.56 Å². The van der Waals surface area contributed by atoms with Crippen LogP contribution in [-0.4, -0.2) is 52.8 Å². The van der Waals surface area contributed by atoms with Crippen LogP contribution in [0.1, 0.15) is 42.7 Å². The van der Waals surface area contributed by atoms with Crippen LogP contribution in [0.25, 0.3) is 0 Å². The fourth-order valence-corrected chi connectivity index (χ4v) is 3.69. The first kappa shape index (κ1) is 16.8. The number of benzene rings is 1. The van der Waals surface area contributed by atoms with E-state index in [9.17, 15) is 14.7 Å². The van der Waals surface area contributed by atoms with Gasteiger partial charge in [-0.3, -0.25) is 4.79 Å². The molecule has 1 saturated heterocycles. The minimum absolute atomic E-state index is 0.0247. The Hall–Kier alpha value is -2.08. The number of rotatable bonds is 3. The van der Waals surface area contributed by atoms with Crippen molar-refractivity contribution in [1.29, 1.82) is 0 Å². The molecule has 6 nitrogen and oxygen atoms in total. The number of carbonyl (C=O) groups excluding carboxylic acids is 1. The highest BCUT2D eigenvalue weighted by Crippen LogP contribution is 2.36. The van der Waals surface area contributed by atoms with Gasteiger partial charge in [-0.05, 0) is 42.5 Å². The molecule has 0 spiro atoms. The highest BCUT2D eigenvalue weighted by atomic mass is 16.5. The quantitative estimate of drug-likeness (QED) is 0.876. The topological polar surface area (TPSA) is 87.1 Å². The van der Waals surface area contributed by atoms with E-state index in [0.717, 1.165) is 30.6 Å². The number of likely N-dealkylation sites (tertiary alicyclic amines) is 1. The summed E-state index contributed by atoms with van der Waals surface area (Å²) in [6.45, 7) is 0.550. The standard InChI is InChI=1S/C18H23NO5/c1-24-13-6-5-12-3-2-4-14(15(12)11-13)16(20)19-9-7-18(23,8-10-19)17(21)22/h5-6,11,14,23H,2-4,7-10H2,1H3,(H,21,22). The number of carbonyl (C=O) groups is 2. The molecule has 130 valence electrons. The molecule has 2 aliphatic rings. The Labute approximate surface area is 141 Å². The number of aryl methyl sites for hydroxylation is 1. The van der Waals surface area contributed by atoms with Crippen molar-refractivity contribution in [3.05, 3.63) is 29.3 Å². The van der Waals surface area contributed by atoms with Gasteiger partial charge in [0.2, 0.25) is 5.91 Å². The normalized spacial score (nSPS) is 22.6. The first-order valence-corrected chi connectivity index (χ1v) is 8.36. The molecule has 0 bridgehead atoms. The van der Waals surface area contributed by atoms with Crippen LogP contribution in [0.4, 0.5) is 0 Å². The summed E-state index contributed by atoms with van der Waals surface area (Å²) in [6, 6.07) is 5.88. The molecular formula is C18H23NO5. The number of hydrogen-bond donors (Lipinski definition) is 2. The van der Waals surface area contributed by atoms with Crippen LogP contribution in [0.2, 0.25) is 0 Å². The van der Waals surface area contributed by atoms with E-state index in [1.807, 2.05) is 18.2 Å². The Morgan fingerprint density at radius 1 is 1.29 bits per heavy atom. The Bertz CT molecular complexity index is 649. The van der Waals surface area contributed by atoms with Gasteiger partial charge in [-0.25, -0.2) is 4.79 Å². The van der Waals surface area contributed by atoms with Gasteiger partial charge in [0, 0.05) is 25.9 Å². The number of ether oxygens (including phenoxy) is 1. The van der Waals surface area contributed by atoms with E-state index in [-0.39, 0.29) is 37.8 Å². The maximum absolute atomic E-state index is 13.0. The SMILES string of the molecule is COc1ccc2c(c1)C(C(=O)N1CCC(O)(C(=O)O)CC1)CCC2. The molecule has 1 aliphatic heterocycles. The predicted molar refractivity (Wildman–Crippen MR) is 87.1 cm³/mol. The van der Waals surface area contributed by atoms with Crippen molar-refractivity contribution in [2.75, 3.05) is 20.2 Å². The number of carboxylic acid groups (broad SMARTS) is 1. The summed E-state index contributed by atoms with van der Waals surface area (Å²) in [6.07, 6.45) is 2.86. The summed E-state index contributed by atoms with van der Waals surface area (Å²) < 4.78 is 5.28. The maximum Gasteiger partial charge on any atom is 0.335 e. The van der Waals surface area contributed by atoms with Gasteiger partial charge >= 0.3 is 5.97 Å². The molecule has 1 aliphatic carbocycles. The van der Waals surface area contributed by atoms with Crippen LogP contribution in [0, 0.1) is 0 Å². The number of carboxylic acids is 1. The molecule has 1 fully saturated rings. The van der Waals surface area contributed by atoms with Crippen molar-refractivity contribution in [2.24, 2.45) is 0 Å². The first-order chi connectivity index (χ1) is 11.4. The first-order valence-electron chi connectivity index (χ1n) is 8.36. The molecule has 1 unspecified atom stereocenters. The fourth-order valence-electron chi connectivity index (χ4n) is 3.69. The summed E-state index contributed by atoms with van der Waals surface area (Å²) in [4.78, 5) is 25.8. The van der Waals surface area contributed by atoms with Crippen LogP contribution >= 0.6 is 0 Å². The average Bonchev–Trinajstić information content (AvgIpc) is 2.60. The van der Waals surface area contributed by atoms with E-state index in [1.54, 1.807) is 12.0 Å². The Balaban J connectivity index is 1.77. The number of methoxy groups -OCH3 is 1. The predicted octanol–water partition coefficient (Wildman–Crippen LogP) is 1.55. The van der Waals surface area contributed by atoms with E-state index in [0.29, 0.717) is 0 Å². The van der Waals surface area contributed by atoms with Crippen molar-refractivity contribution in [3.63, 3.8) is 0 Å². The van der Waals surface area contributed by atoms with Crippen LogP contribution in [-0.2, 0) is 16.0 Å². The number of aliphatic carboxylic acids is 1. The lowest BCUT2D eigenvalue weighted by Crippen LogP contribution is -2.51. The monoisotopic (exact) mass is 333 g/mol. The summed E-state index contributed by atoms with van der Waals surface area (Å²) in [5.74, 6) is -0.647. The molecule has 0 saturated carbocycles. The molecule has 0 aromatic heterocycles. The molecule has 6 heteroatoms. The average molecular weight is 333 g/mol. The van der Waals surface area contributed by atoms with Crippen molar-refractivity contribution in [2.45, 2.75) is 43.6 Å².